The molecule has 0 unspecified atom stereocenters. The normalized spacial score (nSPS) is 15.7. The Morgan fingerprint density at radius 2 is 2.03 bits per heavy atom. The van der Waals surface area contributed by atoms with Crippen LogP contribution in [0.15, 0.2) is 43.2 Å². The van der Waals surface area contributed by atoms with Gasteiger partial charge in [-0.25, -0.2) is 24.6 Å². The number of nitrogens with one attached hydrogen (secondary N) is 1. The van der Waals surface area contributed by atoms with Gasteiger partial charge in [-0.2, -0.15) is 10.2 Å². The van der Waals surface area contributed by atoms with E-state index in [1.165, 1.54) is 0 Å². The highest BCUT2D eigenvalue weighted by molar-refractivity contribution is 5.93. The third-order valence-electron chi connectivity index (χ3n) is 5.77. The zero-order chi connectivity index (χ0) is 22.5. The van der Waals surface area contributed by atoms with Gasteiger partial charge in [0.15, 0.2) is 5.82 Å². The molecule has 1 N–H and O–H groups in total. The van der Waals surface area contributed by atoms with E-state index >= 15 is 0 Å². The fraction of sp³-hybridized carbons (Fsp3) is 0.273. The van der Waals surface area contributed by atoms with Gasteiger partial charge in [0.1, 0.15) is 28.6 Å². The van der Waals surface area contributed by atoms with Crippen LogP contribution in [0.4, 0.5) is 11.6 Å². The van der Waals surface area contributed by atoms with E-state index < -0.39 is 0 Å². The van der Waals surface area contributed by atoms with Crippen molar-refractivity contribution in [2.45, 2.75) is 19.4 Å². The molecule has 6 rings (SSSR count). The lowest BCUT2D eigenvalue weighted by Gasteiger charge is -2.16. The molecule has 11 nitrogen and oxygen atoms in total. The van der Waals surface area contributed by atoms with Crippen molar-refractivity contribution in [2.75, 3.05) is 11.9 Å². The summed E-state index contributed by atoms with van der Waals surface area (Å²) in [5.74, 6) is 2.47. The van der Waals surface area contributed by atoms with E-state index in [9.17, 15) is 0 Å². The molecule has 0 amide bonds. The first-order valence-electron chi connectivity index (χ1n) is 10.7. The molecule has 1 atom stereocenters. The summed E-state index contributed by atoms with van der Waals surface area (Å²) in [7, 11) is 3.79. The Morgan fingerprint density at radius 3 is 2.88 bits per heavy atom. The van der Waals surface area contributed by atoms with Gasteiger partial charge in [0.05, 0.1) is 30.7 Å². The van der Waals surface area contributed by atoms with E-state index in [0.717, 1.165) is 34.3 Å². The number of hydrogen-bond acceptors (Lipinski definition) is 8. The molecule has 33 heavy (non-hydrogen) atoms. The number of pyridine rings is 1. The van der Waals surface area contributed by atoms with Crippen LogP contribution in [0.25, 0.3) is 33.7 Å². The predicted molar refractivity (Wildman–Crippen MR) is 122 cm³/mol. The molecule has 0 aliphatic carbocycles. The van der Waals surface area contributed by atoms with E-state index in [0.29, 0.717) is 29.9 Å². The van der Waals surface area contributed by atoms with E-state index in [1.54, 1.807) is 29.5 Å². The summed E-state index contributed by atoms with van der Waals surface area (Å²) in [6, 6.07) is 3.88. The minimum Gasteiger partial charge on any atom is -0.477 e. The maximum absolute atomic E-state index is 6.15. The maximum Gasteiger partial charge on any atom is 0.222 e. The second-order valence-corrected chi connectivity index (χ2v) is 8.17. The van der Waals surface area contributed by atoms with Crippen molar-refractivity contribution in [1.29, 1.82) is 0 Å². The van der Waals surface area contributed by atoms with Gasteiger partial charge in [-0.05, 0) is 13.0 Å². The van der Waals surface area contributed by atoms with Crippen LogP contribution in [0.5, 0.6) is 5.88 Å². The summed E-state index contributed by atoms with van der Waals surface area (Å²) >= 11 is 0. The van der Waals surface area contributed by atoms with Gasteiger partial charge in [0.25, 0.3) is 0 Å². The minimum atomic E-state index is 0.0777. The van der Waals surface area contributed by atoms with Gasteiger partial charge in [-0.15, -0.1) is 0 Å². The topological polar surface area (TPSA) is 113 Å². The molecule has 11 heteroatoms. The molecule has 4 bridgehead atoms. The number of aromatic nitrogens is 9. The van der Waals surface area contributed by atoms with Gasteiger partial charge < -0.3 is 14.6 Å². The molecule has 0 aromatic carbocycles. The van der Waals surface area contributed by atoms with Crippen LogP contribution < -0.4 is 10.1 Å². The van der Waals surface area contributed by atoms with Crippen LogP contribution in [0.2, 0.25) is 0 Å². The first-order chi connectivity index (χ1) is 16.1. The maximum atomic E-state index is 6.15. The number of anilines is 2. The minimum absolute atomic E-state index is 0.0777. The summed E-state index contributed by atoms with van der Waals surface area (Å²) in [5, 5.41) is 13.5. The first-order valence-corrected chi connectivity index (χ1v) is 10.7. The van der Waals surface area contributed by atoms with Crippen molar-refractivity contribution < 1.29 is 4.74 Å². The highest BCUT2D eigenvalue weighted by Crippen LogP contribution is 2.33. The van der Waals surface area contributed by atoms with Crippen LogP contribution >= 0.6 is 0 Å². The lowest BCUT2D eigenvalue weighted by Crippen LogP contribution is -2.13. The lowest BCUT2D eigenvalue weighted by molar-refractivity contribution is 0.260. The van der Waals surface area contributed by atoms with Gasteiger partial charge in [-0.1, -0.05) is 0 Å². The summed E-state index contributed by atoms with van der Waals surface area (Å²) < 4.78 is 11.8. The van der Waals surface area contributed by atoms with E-state index in [1.807, 2.05) is 41.8 Å². The Morgan fingerprint density at radius 1 is 1.12 bits per heavy atom. The summed E-state index contributed by atoms with van der Waals surface area (Å²) in [6.07, 6.45) is 9.74. The average molecular weight is 442 g/mol. The summed E-state index contributed by atoms with van der Waals surface area (Å²) in [4.78, 5) is 18.2. The summed E-state index contributed by atoms with van der Waals surface area (Å²) in [6.45, 7) is 2.62. The van der Waals surface area contributed by atoms with E-state index in [4.69, 9.17) is 9.84 Å². The van der Waals surface area contributed by atoms with Gasteiger partial charge in [0, 0.05) is 50.6 Å². The molecule has 0 saturated carbocycles. The quantitative estimate of drug-likeness (QED) is 0.421. The zero-order valence-corrected chi connectivity index (χ0v) is 18.5. The third-order valence-corrected chi connectivity index (χ3v) is 5.77. The fourth-order valence-corrected chi connectivity index (χ4v) is 4.05. The van der Waals surface area contributed by atoms with E-state index in [-0.39, 0.29) is 6.04 Å². The SMILES string of the molecule is C[C@H]1CCOc2c(cnn2C)-c2nccc(n2)Nc2cc3c(cn2)c(-c2cn(C)cn2)nn31. The number of ether oxygens (including phenoxy) is 1. The molecular formula is C22H22N10O. The molecule has 5 aromatic rings. The van der Waals surface area contributed by atoms with Crippen molar-refractivity contribution in [3.8, 4) is 28.7 Å². The second-order valence-electron chi connectivity index (χ2n) is 8.17. The monoisotopic (exact) mass is 442 g/mol. The Balaban J connectivity index is 1.51. The Kier molecular flexibility index (Phi) is 4.35. The number of nitrogens with zero attached hydrogens (tertiary/aromatic N) is 9. The number of fused-ring (bicyclic) bond motifs is 5. The molecule has 0 saturated heterocycles. The molecular weight excluding hydrogens is 420 g/mol. The highest BCUT2D eigenvalue weighted by Gasteiger charge is 2.21. The average Bonchev–Trinajstić information content (AvgIpc) is 3.50. The third kappa shape index (κ3) is 3.28. The number of aryl methyl sites for hydroxylation is 2. The van der Waals surface area contributed by atoms with Crippen molar-refractivity contribution in [2.24, 2.45) is 14.1 Å². The predicted octanol–water partition coefficient (Wildman–Crippen LogP) is 3.11. The number of imidazole rings is 1. The lowest BCUT2D eigenvalue weighted by atomic mass is 10.2. The van der Waals surface area contributed by atoms with Gasteiger partial charge >= 0.3 is 0 Å². The van der Waals surface area contributed by atoms with E-state index in [2.05, 4.69) is 37.3 Å². The van der Waals surface area contributed by atoms with Crippen molar-refractivity contribution in [1.82, 2.24) is 44.1 Å². The van der Waals surface area contributed by atoms with Crippen LogP contribution in [-0.2, 0) is 14.1 Å². The van der Waals surface area contributed by atoms with Crippen molar-refractivity contribution in [3.05, 3.63) is 43.2 Å². The van der Waals surface area contributed by atoms with Crippen LogP contribution in [0.1, 0.15) is 19.4 Å². The van der Waals surface area contributed by atoms with Crippen molar-refractivity contribution >= 4 is 22.5 Å². The standard InChI is InChI=1S/C22H22N10O/c1-13-5-7-33-22-15(10-26-31(22)3)21-23-6-4-18(28-21)27-19-8-17-14(9-24-19)20(29-32(13)17)16-11-30(2)12-25-16/h4,6,8-13H,5,7H2,1-3H3,(H,23,24,27,28)/t13-/m0/s1. The van der Waals surface area contributed by atoms with Gasteiger partial charge in [0.2, 0.25) is 5.88 Å². The largest absolute Gasteiger partial charge is 0.477 e. The molecule has 1 aliphatic heterocycles. The first kappa shape index (κ1) is 19.4. The Hall–Kier alpha value is -4.28. The van der Waals surface area contributed by atoms with Crippen LogP contribution in [0, 0.1) is 0 Å². The molecule has 0 radical (unpaired) electrons. The second kappa shape index (κ2) is 7.40. The molecule has 5 aromatic heterocycles. The molecule has 1 aliphatic rings. The summed E-state index contributed by atoms with van der Waals surface area (Å²) in [5.41, 5.74) is 3.32. The number of rotatable bonds is 1. The fourth-order valence-electron chi connectivity index (χ4n) is 4.05. The smallest absolute Gasteiger partial charge is 0.222 e. The molecule has 0 fully saturated rings. The van der Waals surface area contributed by atoms with Gasteiger partial charge in [-0.3, -0.25) is 4.68 Å². The highest BCUT2D eigenvalue weighted by atomic mass is 16.5. The van der Waals surface area contributed by atoms with Crippen LogP contribution in [0.3, 0.4) is 0 Å². The van der Waals surface area contributed by atoms with Crippen LogP contribution in [-0.4, -0.2) is 50.7 Å². The molecule has 166 valence electrons. The molecule has 6 heterocycles. The zero-order valence-electron chi connectivity index (χ0n) is 18.5. The molecule has 0 spiro atoms. The Labute approximate surface area is 189 Å². The number of hydrogen-bond donors (Lipinski definition) is 1. The Bertz CT molecular complexity index is 1480. The van der Waals surface area contributed by atoms with Crippen molar-refractivity contribution in [3.63, 3.8) is 0 Å².